The molecule has 1 N–H and O–H groups in total. The van der Waals surface area contributed by atoms with Crippen LogP contribution in [-0.4, -0.2) is 67.5 Å². The largest absolute Gasteiger partial charge is 0.463 e. The highest BCUT2D eigenvalue weighted by atomic mass is 16.5. The minimum Gasteiger partial charge on any atom is -0.463 e. The van der Waals surface area contributed by atoms with Gasteiger partial charge in [-0.25, -0.2) is 4.68 Å². The number of morpholine rings is 1. The lowest BCUT2D eigenvalue weighted by molar-refractivity contribution is 0.122. The van der Waals surface area contributed by atoms with E-state index in [9.17, 15) is 5.11 Å². The van der Waals surface area contributed by atoms with Gasteiger partial charge in [0.05, 0.1) is 37.8 Å². The van der Waals surface area contributed by atoms with Crippen LogP contribution in [0.1, 0.15) is 24.2 Å². The maximum Gasteiger partial charge on any atom is 0.320 e. The van der Waals surface area contributed by atoms with Gasteiger partial charge < -0.3 is 19.5 Å². The average Bonchev–Trinajstić information content (AvgIpc) is 3.54. The van der Waals surface area contributed by atoms with Gasteiger partial charge in [0.1, 0.15) is 5.82 Å². The third-order valence-corrected chi connectivity index (χ3v) is 5.88. The van der Waals surface area contributed by atoms with E-state index in [0.29, 0.717) is 38.1 Å². The van der Waals surface area contributed by atoms with Crippen LogP contribution in [-0.2, 0) is 18.2 Å². The second kappa shape index (κ2) is 10.2. The minimum atomic E-state index is -0.540. The van der Waals surface area contributed by atoms with Crippen molar-refractivity contribution in [1.82, 2.24) is 29.5 Å². The zero-order valence-corrected chi connectivity index (χ0v) is 19.9. The van der Waals surface area contributed by atoms with Gasteiger partial charge in [0.25, 0.3) is 0 Å². The molecule has 35 heavy (non-hydrogen) atoms. The van der Waals surface area contributed by atoms with Gasteiger partial charge in [-0.2, -0.15) is 20.2 Å². The molecular weight excluding hydrogens is 446 g/mol. The van der Waals surface area contributed by atoms with Crippen molar-refractivity contribution in [3.05, 3.63) is 66.1 Å². The Hall–Kier alpha value is -3.76. The summed E-state index contributed by atoms with van der Waals surface area (Å²) in [6.45, 7) is 5.00. The zero-order valence-electron chi connectivity index (χ0n) is 19.9. The average molecular weight is 476 g/mol. The molecule has 1 aromatic carbocycles. The van der Waals surface area contributed by atoms with E-state index < -0.39 is 6.10 Å². The van der Waals surface area contributed by atoms with Crippen LogP contribution in [0.2, 0.25) is 0 Å². The first-order valence-electron chi connectivity index (χ1n) is 11.7. The number of aromatic nitrogens is 6. The Morgan fingerprint density at radius 2 is 1.94 bits per heavy atom. The van der Waals surface area contributed by atoms with Gasteiger partial charge in [-0.15, -0.1) is 0 Å². The molecule has 0 saturated carbocycles. The number of nitrogens with zero attached hydrogens (tertiary/aromatic N) is 7. The Morgan fingerprint density at radius 1 is 1.11 bits per heavy atom. The van der Waals surface area contributed by atoms with Gasteiger partial charge in [-0.1, -0.05) is 18.2 Å². The number of hydrogen-bond donors (Lipinski definition) is 1. The Kier molecular flexibility index (Phi) is 6.73. The van der Waals surface area contributed by atoms with Crippen molar-refractivity contribution in [2.24, 2.45) is 7.05 Å². The highest BCUT2D eigenvalue weighted by molar-refractivity contribution is 5.60. The highest BCUT2D eigenvalue weighted by Crippen LogP contribution is 2.24. The Morgan fingerprint density at radius 3 is 2.71 bits per heavy atom. The zero-order chi connectivity index (χ0) is 24.2. The lowest BCUT2D eigenvalue weighted by Crippen LogP contribution is -2.37. The number of hydrogen-bond acceptors (Lipinski definition) is 8. The molecule has 4 heterocycles. The predicted molar refractivity (Wildman–Crippen MR) is 131 cm³/mol. The van der Waals surface area contributed by atoms with Crippen LogP contribution in [0.4, 0.5) is 5.82 Å². The predicted octanol–water partition coefficient (Wildman–Crippen LogP) is 2.57. The van der Waals surface area contributed by atoms with Gasteiger partial charge in [-0.05, 0) is 30.2 Å². The van der Waals surface area contributed by atoms with E-state index in [-0.39, 0.29) is 0 Å². The number of benzene rings is 1. The summed E-state index contributed by atoms with van der Waals surface area (Å²) in [6.07, 6.45) is 5.84. The van der Waals surface area contributed by atoms with E-state index in [1.165, 1.54) is 0 Å². The number of rotatable bonds is 8. The van der Waals surface area contributed by atoms with Crippen molar-refractivity contribution in [2.75, 3.05) is 37.8 Å². The molecule has 0 bridgehead atoms. The summed E-state index contributed by atoms with van der Waals surface area (Å²) in [4.78, 5) is 11.5. The number of anilines is 1. The van der Waals surface area contributed by atoms with Crippen LogP contribution in [0.25, 0.3) is 17.1 Å². The fourth-order valence-corrected chi connectivity index (χ4v) is 3.96. The molecule has 10 heteroatoms. The van der Waals surface area contributed by atoms with Gasteiger partial charge in [0, 0.05) is 50.6 Å². The molecular formula is C25H29N7O3. The first kappa shape index (κ1) is 23.0. The normalized spacial score (nSPS) is 14.8. The SMILES string of the molecule is CC(O)c1cccc(-c2ccn(-c3cc(N4CCOCC4)nc(OCCc4cnn(C)c4)n3)n2)c1. The molecule has 182 valence electrons. The molecule has 0 amide bonds. The summed E-state index contributed by atoms with van der Waals surface area (Å²) in [5.41, 5.74) is 3.65. The third kappa shape index (κ3) is 5.50. The lowest BCUT2D eigenvalue weighted by atomic mass is 10.1. The van der Waals surface area contributed by atoms with Crippen LogP contribution in [0.3, 0.4) is 0 Å². The van der Waals surface area contributed by atoms with E-state index in [1.807, 2.05) is 62.0 Å². The summed E-state index contributed by atoms with van der Waals surface area (Å²) in [5, 5.41) is 18.9. The van der Waals surface area contributed by atoms with E-state index in [4.69, 9.17) is 14.6 Å². The molecule has 1 fully saturated rings. The summed E-state index contributed by atoms with van der Waals surface area (Å²) < 4.78 is 15.0. The van der Waals surface area contributed by atoms with Crippen LogP contribution >= 0.6 is 0 Å². The molecule has 5 rings (SSSR count). The summed E-state index contributed by atoms with van der Waals surface area (Å²) in [6, 6.07) is 11.9. The van der Waals surface area contributed by atoms with Crippen molar-refractivity contribution in [2.45, 2.75) is 19.4 Å². The minimum absolute atomic E-state index is 0.307. The number of ether oxygens (including phenoxy) is 2. The molecule has 1 unspecified atom stereocenters. The molecule has 1 atom stereocenters. The number of aliphatic hydroxyl groups excluding tert-OH is 1. The maximum absolute atomic E-state index is 9.93. The second-order valence-electron chi connectivity index (χ2n) is 8.53. The quantitative estimate of drug-likeness (QED) is 0.415. The van der Waals surface area contributed by atoms with E-state index in [0.717, 1.165) is 41.3 Å². The molecule has 4 aromatic rings. The summed E-state index contributed by atoms with van der Waals surface area (Å²) in [7, 11) is 1.89. The van der Waals surface area contributed by atoms with Crippen LogP contribution in [0, 0.1) is 0 Å². The molecule has 1 saturated heterocycles. The molecule has 1 aliphatic rings. The number of aliphatic hydroxyl groups is 1. The van der Waals surface area contributed by atoms with Gasteiger partial charge in [0.2, 0.25) is 0 Å². The molecule has 0 radical (unpaired) electrons. The van der Waals surface area contributed by atoms with Crippen molar-refractivity contribution in [3.8, 4) is 23.1 Å². The van der Waals surface area contributed by atoms with Crippen molar-refractivity contribution < 1.29 is 14.6 Å². The van der Waals surface area contributed by atoms with Crippen LogP contribution in [0.5, 0.6) is 6.01 Å². The fourth-order valence-electron chi connectivity index (χ4n) is 3.96. The Balaban J connectivity index is 1.41. The smallest absolute Gasteiger partial charge is 0.320 e. The Labute approximate surface area is 203 Å². The Bertz CT molecular complexity index is 1280. The first-order chi connectivity index (χ1) is 17.0. The van der Waals surface area contributed by atoms with E-state index >= 15 is 0 Å². The van der Waals surface area contributed by atoms with E-state index in [1.54, 1.807) is 16.3 Å². The van der Waals surface area contributed by atoms with Gasteiger partial charge >= 0.3 is 6.01 Å². The van der Waals surface area contributed by atoms with Crippen LogP contribution in [0.15, 0.2) is 55.0 Å². The van der Waals surface area contributed by atoms with Crippen LogP contribution < -0.4 is 9.64 Å². The summed E-state index contributed by atoms with van der Waals surface area (Å²) in [5.74, 6) is 1.40. The van der Waals surface area contributed by atoms with Crippen molar-refractivity contribution >= 4 is 5.82 Å². The standard InChI is InChI=1S/C25H29N7O3/c1-18(33)20-4-3-5-21(14-20)22-6-8-32(29-22)24-15-23(31-9-12-34-13-10-31)27-25(28-24)35-11-7-19-16-26-30(2)17-19/h3-6,8,14-18,33H,7,9-13H2,1-2H3. The lowest BCUT2D eigenvalue weighted by Gasteiger charge is -2.28. The topological polar surface area (TPSA) is 103 Å². The third-order valence-electron chi connectivity index (χ3n) is 5.88. The first-order valence-corrected chi connectivity index (χ1v) is 11.7. The van der Waals surface area contributed by atoms with Gasteiger partial charge in [-0.3, -0.25) is 4.68 Å². The molecule has 0 spiro atoms. The van der Waals surface area contributed by atoms with E-state index in [2.05, 4.69) is 20.0 Å². The molecule has 0 aliphatic carbocycles. The van der Waals surface area contributed by atoms with Crippen molar-refractivity contribution in [1.29, 1.82) is 0 Å². The number of aryl methyl sites for hydroxylation is 1. The second-order valence-corrected chi connectivity index (χ2v) is 8.53. The monoisotopic (exact) mass is 475 g/mol. The van der Waals surface area contributed by atoms with Crippen molar-refractivity contribution in [3.63, 3.8) is 0 Å². The summed E-state index contributed by atoms with van der Waals surface area (Å²) >= 11 is 0. The molecule has 10 nitrogen and oxygen atoms in total. The fraction of sp³-hybridized carbons (Fsp3) is 0.360. The highest BCUT2D eigenvalue weighted by Gasteiger charge is 2.17. The molecule has 3 aromatic heterocycles. The maximum atomic E-state index is 9.93. The molecule has 1 aliphatic heterocycles. The van der Waals surface area contributed by atoms with Gasteiger partial charge in [0.15, 0.2) is 5.82 Å².